The first-order valence-electron chi connectivity index (χ1n) is 4.88. The van der Waals surface area contributed by atoms with Crippen molar-refractivity contribution in [3.63, 3.8) is 0 Å². The van der Waals surface area contributed by atoms with Gasteiger partial charge in [-0.2, -0.15) is 0 Å². The normalized spacial score (nSPS) is 10.3. The molecule has 0 radical (unpaired) electrons. The van der Waals surface area contributed by atoms with Crippen LogP contribution in [0.5, 0.6) is 0 Å². The monoisotopic (exact) mass is 343 g/mol. The lowest BCUT2D eigenvalue weighted by Crippen LogP contribution is -1.97. The average molecular weight is 345 g/mol. The highest BCUT2D eigenvalue weighted by Crippen LogP contribution is 2.30. The summed E-state index contributed by atoms with van der Waals surface area (Å²) in [5.74, 6) is -0.956. The molecule has 0 aliphatic rings. The highest BCUT2D eigenvalue weighted by atomic mass is 79.9. The lowest BCUT2D eigenvalue weighted by Gasteiger charge is -2.04. The second-order valence-corrected chi connectivity index (χ2v) is 5.75. The van der Waals surface area contributed by atoms with E-state index in [1.54, 1.807) is 30.5 Å². The van der Waals surface area contributed by atoms with Gasteiger partial charge in [0.1, 0.15) is 5.03 Å². The Morgan fingerprint density at radius 2 is 2.11 bits per heavy atom. The number of benzene rings is 1. The van der Waals surface area contributed by atoms with E-state index in [1.807, 2.05) is 6.07 Å². The number of hydrogen-bond donors (Lipinski definition) is 1. The second kappa shape index (κ2) is 5.73. The average Bonchev–Trinajstić information content (AvgIpc) is 2.32. The third-order valence-electron chi connectivity index (χ3n) is 2.09. The van der Waals surface area contributed by atoms with Crippen molar-refractivity contribution in [2.45, 2.75) is 9.92 Å². The maximum atomic E-state index is 10.9. The van der Waals surface area contributed by atoms with E-state index < -0.39 is 5.97 Å². The Labute approximate surface area is 121 Å². The summed E-state index contributed by atoms with van der Waals surface area (Å²) in [4.78, 5) is 15.9. The Bertz CT molecular complexity index is 589. The fraction of sp³-hybridized carbons (Fsp3) is 0. The number of halogens is 2. The maximum Gasteiger partial charge on any atom is 0.336 e. The standard InChI is InChI=1S/C12H7BrClNO2S/c13-10-5-8(2-3-9(10)12(16)17)18-11-4-1-7(14)6-15-11/h1-6H,(H,16,17). The molecule has 3 nitrogen and oxygen atoms in total. The zero-order valence-electron chi connectivity index (χ0n) is 8.93. The molecule has 1 N–H and O–H groups in total. The SMILES string of the molecule is O=C(O)c1ccc(Sc2ccc(Cl)cn2)cc1Br. The van der Waals surface area contributed by atoms with Crippen molar-refractivity contribution < 1.29 is 9.90 Å². The van der Waals surface area contributed by atoms with Gasteiger partial charge in [-0.3, -0.25) is 0 Å². The van der Waals surface area contributed by atoms with E-state index in [1.165, 1.54) is 11.8 Å². The van der Waals surface area contributed by atoms with Gasteiger partial charge in [0.2, 0.25) is 0 Å². The summed E-state index contributed by atoms with van der Waals surface area (Å²) in [6, 6.07) is 8.63. The van der Waals surface area contributed by atoms with E-state index in [9.17, 15) is 4.79 Å². The largest absolute Gasteiger partial charge is 0.478 e. The number of aromatic nitrogens is 1. The van der Waals surface area contributed by atoms with E-state index in [4.69, 9.17) is 16.7 Å². The van der Waals surface area contributed by atoms with E-state index in [-0.39, 0.29) is 5.56 Å². The number of pyridine rings is 1. The zero-order valence-corrected chi connectivity index (χ0v) is 12.1. The minimum absolute atomic E-state index is 0.239. The minimum atomic E-state index is -0.956. The number of carboxylic acids is 1. The van der Waals surface area contributed by atoms with Crippen molar-refractivity contribution in [2.24, 2.45) is 0 Å². The highest BCUT2D eigenvalue weighted by Gasteiger charge is 2.09. The number of carbonyl (C=O) groups is 1. The fourth-order valence-electron chi connectivity index (χ4n) is 1.28. The van der Waals surface area contributed by atoms with Gasteiger partial charge in [-0.25, -0.2) is 9.78 Å². The first-order chi connectivity index (χ1) is 8.56. The molecule has 0 aliphatic heterocycles. The number of carboxylic acid groups (broad SMARTS) is 1. The molecule has 0 spiro atoms. The van der Waals surface area contributed by atoms with Crippen LogP contribution in [-0.2, 0) is 0 Å². The van der Waals surface area contributed by atoms with Crippen LogP contribution < -0.4 is 0 Å². The van der Waals surface area contributed by atoms with Crippen molar-refractivity contribution in [3.05, 3.63) is 51.6 Å². The van der Waals surface area contributed by atoms with Gasteiger partial charge in [0, 0.05) is 15.6 Å². The summed E-state index contributed by atoms with van der Waals surface area (Å²) < 4.78 is 0.550. The van der Waals surface area contributed by atoms with E-state index in [0.29, 0.717) is 9.50 Å². The molecule has 2 aromatic rings. The number of hydrogen-bond acceptors (Lipinski definition) is 3. The van der Waals surface area contributed by atoms with Crippen LogP contribution in [0.2, 0.25) is 5.02 Å². The van der Waals surface area contributed by atoms with Crippen LogP contribution in [0.3, 0.4) is 0 Å². The Morgan fingerprint density at radius 1 is 1.33 bits per heavy atom. The predicted octanol–water partition coefficient (Wildman–Crippen LogP) is 4.35. The summed E-state index contributed by atoms with van der Waals surface area (Å²) in [5.41, 5.74) is 0.239. The summed E-state index contributed by atoms with van der Waals surface area (Å²) in [7, 11) is 0. The number of rotatable bonds is 3. The molecule has 6 heteroatoms. The smallest absolute Gasteiger partial charge is 0.336 e. The Hall–Kier alpha value is -1.04. The van der Waals surface area contributed by atoms with Crippen LogP contribution in [0, 0.1) is 0 Å². The Balaban J connectivity index is 2.22. The topological polar surface area (TPSA) is 50.2 Å². The van der Waals surface area contributed by atoms with Crippen LogP contribution in [0.15, 0.2) is 50.9 Å². The van der Waals surface area contributed by atoms with Gasteiger partial charge >= 0.3 is 5.97 Å². The molecule has 0 saturated heterocycles. The summed E-state index contributed by atoms with van der Waals surface area (Å²) in [6.07, 6.45) is 1.57. The molecule has 0 aliphatic carbocycles. The van der Waals surface area contributed by atoms with Crippen molar-refractivity contribution >= 4 is 45.3 Å². The lowest BCUT2D eigenvalue weighted by atomic mass is 10.2. The number of nitrogens with zero attached hydrogens (tertiary/aromatic N) is 1. The molecule has 1 aromatic heterocycles. The molecule has 1 aromatic carbocycles. The summed E-state index contributed by atoms with van der Waals surface area (Å²) in [5, 5.41) is 10.3. The first-order valence-corrected chi connectivity index (χ1v) is 6.87. The zero-order chi connectivity index (χ0) is 13.1. The quantitative estimate of drug-likeness (QED) is 0.899. The third kappa shape index (κ3) is 3.25. The lowest BCUT2D eigenvalue weighted by molar-refractivity contribution is 0.0696. The molecule has 1 heterocycles. The van der Waals surface area contributed by atoms with Crippen LogP contribution in [0.4, 0.5) is 0 Å². The van der Waals surface area contributed by atoms with E-state index >= 15 is 0 Å². The Kier molecular flexibility index (Phi) is 4.27. The molecule has 0 unspecified atom stereocenters. The van der Waals surface area contributed by atoms with Crippen molar-refractivity contribution in [2.75, 3.05) is 0 Å². The molecule has 0 atom stereocenters. The summed E-state index contributed by atoms with van der Waals surface area (Å²) >= 11 is 10.4. The van der Waals surface area contributed by atoms with Crippen LogP contribution in [0.1, 0.15) is 10.4 Å². The van der Waals surface area contributed by atoms with Crippen LogP contribution in [0.25, 0.3) is 0 Å². The molecular weight excluding hydrogens is 338 g/mol. The predicted molar refractivity (Wildman–Crippen MR) is 74.5 cm³/mol. The van der Waals surface area contributed by atoms with Gasteiger partial charge in [-0.15, -0.1) is 0 Å². The van der Waals surface area contributed by atoms with Gasteiger partial charge in [0.05, 0.1) is 10.6 Å². The second-order valence-electron chi connectivity index (χ2n) is 3.36. The van der Waals surface area contributed by atoms with Gasteiger partial charge in [0.25, 0.3) is 0 Å². The number of aromatic carboxylic acids is 1. The molecule has 2 rings (SSSR count). The maximum absolute atomic E-state index is 10.9. The molecule has 18 heavy (non-hydrogen) atoms. The van der Waals surface area contributed by atoms with Crippen molar-refractivity contribution in [3.8, 4) is 0 Å². The molecule has 92 valence electrons. The molecule has 0 saturated carbocycles. The van der Waals surface area contributed by atoms with Crippen LogP contribution in [-0.4, -0.2) is 16.1 Å². The van der Waals surface area contributed by atoms with Crippen molar-refractivity contribution in [1.82, 2.24) is 4.98 Å². The fourth-order valence-corrected chi connectivity index (χ4v) is 2.88. The van der Waals surface area contributed by atoms with E-state index in [2.05, 4.69) is 20.9 Å². The van der Waals surface area contributed by atoms with Crippen LogP contribution >= 0.6 is 39.3 Å². The molecule has 0 bridgehead atoms. The molecule has 0 amide bonds. The van der Waals surface area contributed by atoms with Crippen molar-refractivity contribution in [1.29, 1.82) is 0 Å². The highest BCUT2D eigenvalue weighted by molar-refractivity contribution is 9.10. The van der Waals surface area contributed by atoms with Gasteiger partial charge < -0.3 is 5.11 Å². The van der Waals surface area contributed by atoms with E-state index in [0.717, 1.165) is 9.92 Å². The first kappa shape index (κ1) is 13.4. The third-order valence-corrected chi connectivity index (χ3v) is 3.91. The molecular formula is C12H7BrClNO2S. The Morgan fingerprint density at radius 3 is 2.67 bits per heavy atom. The van der Waals surface area contributed by atoms with Gasteiger partial charge in [-0.1, -0.05) is 23.4 Å². The molecule has 0 fully saturated rings. The van der Waals surface area contributed by atoms with Gasteiger partial charge in [0.15, 0.2) is 0 Å². The summed E-state index contributed by atoms with van der Waals surface area (Å²) in [6.45, 7) is 0. The van der Waals surface area contributed by atoms with Gasteiger partial charge in [-0.05, 0) is 46.3 Å². The minimum Gasteiger partial charge on any atom is -0.478 e.